The summed E-state index contributed by atoms with van der Waals surface area (Å²) in [4.78, 5) is 11.6. The van der Waals surface area contributed by atoms with Crippen molar-refractivity contribution in [2.45, 2.75) is 44.1 Å². The monoisotopic (exact) mass is 180 g/mol. The van der Waals surface area contributed by atoms with Crippen LogP contribution in [0.1, 0.15) is 38.5 Å². The van der Waals surface area contributed by atoms with Gasteiger partial charge in [0.05, 0.1) is 5.60 Å². The molecule has 0 spiro atoms. The van der Waals surface area contributed by atoms with Crippen molar-refractivity contribution in [3.8, 4) is 0 Å². The van der Waals surface area contributed by atoms with Gasteiger partial charge in [-0.2, -0.15) is 0 Å². The van der Waals surface area contributed by atoms with Crippen LogP contribution in [0.5, 0.6) is 0 Å². The van der Waals surface area contributed by atoms with E-state index in [1.807, 2.05) is 0 Å². The van der Waals surface area contributed by atoms with E-state index >= 15 is 0 Å². The average Bonchev–Trinajstić information content (AvgIpc) is 2.42. The number of rotatable bonds is 0. The van der Waals surface area contributed by atoms with Crippen LogP contribution in [0.15, 0.2) is 0 Å². The van der Waals surface area contributed by atoms with Gasteiger partial charge in [-0.25, -0.2) is 0 Å². The lowest BCUT2D eigenvalue weighted by atomic mass is 9.50. The Bertz CT molecular complexity index is 261. The van der Waals surface area contributed by atoms with Crippen LogP contribution in [0.25, 0.3) is 0 Å². The summed E-state index contributed by atoms with van der Waals surface area (Å²) >= 11 is 0. The van der Waals surface area contributed by atoms with Crippen molar-refractivity contribution in [1.82, 2.24) is 0 Å². The molecule has 13 heavy (non-hydrogen) atoms. The van der Waals surface area contributed by atoms with E-state index in [1.54, 1.807) is 0 Å². The minimum atomic E-state index is -0.416. The maximum Gasteiger partial charge on any atom is 0.136 e. The van der Waals surface area contributed by atoms with Crippen LogP contribution in [0.4, 0.5) is 0 Å². The molecule has 0 aromatic heterocycles. The molecule has 0 saturated heterocycles. The first-order valence-corrected chi connectivity index (χ1v) is 5.48. The Morgan fingerprint density at radius 1 is 1.23 bits per heavy atom. The highest BCUT2D eigenvalue weighted by Crippen LogP contribution is 2.61. The predicted molar refractivity (Wildman–Crippen MR) is 48.1 cm³/mol. The normalized spacial score (nSPS) is 53.9. The second-order valence-electron chi connectivity index (χ2n) is 4.98. The number of ketones is 1. The molecular formula is C11H16O2. The van der Waals surface area contributed by atoms with Crippen LogP contribution < -0.4 is 0 Å². The number of Topliss-reactive ketones (excluding diaryl/α,β-unsaturated/α-hetero) is 1. The second kappa shape index (κ2) is 2.35. The third-order valence-electron chi connectivity index (χ3n) is 4.55. The Labute approximate surface area is 78.3 Å². The Morgan fingerprint density at radius 3 is 2.69 bits per heavy atom. The molecule has 4 atom stereocenters. The molecule has 0 aromatic carbocycles. The Hall–Kier alpha value is -0.370. The van der Waals surface area contributed by atoms with E-state index < -0.39 is 5.60 Å². The van der Waals surface area contributed by atoms with E-state index in [4.69, 9.17) is 0 Å². The van der Waals surface area contributed by atoms with Gasteiger partial charge in [0.2, 0.25) is 0 Å². The molecule has 0 aliphatic heterocycles. The molecule has 0 heterocycles. The molecule has 0 bridgehead atoms. The minimum Gasteiger partial charge on any atom is -0.389 e. The number of hydrogen-bond acceptors (Lipinski definition) is 2. The molecule has 3 saturated carbocycles. The first-order valence-electron chi connectivity index (χ1n) is 5.48. The lowest BCUT2D eigenvalue weighted by Crippen LogP contribution is -2.63. The van der Waals surface area contributed by atoms with Crippen molar-refractivity contribution >= 4 is 5.78 Å². The molecule has 3 aliphatic rings. The largest absolute Gasteiger partial charge is 0.389 e. The third kappa shape index (κ3) is 0.804. The van der Waals surface area contributed by atoms with Gasteiger partial charge in [0.1, 0.15) is 5.78 Å². The summed E-state index contributed by atoms with van der Waals surface area (Å²) in [5.41, 5.74) is -0.416. The highest BCUT2D eigenvalue weighted by Gasteiger charge is 2.65. The van der Waals surface area contributed by atoms with Gasteiger partial charge in [-0.3, -0.25) is 4.79 Å². The van der Waals surface area contributed by atoms with Gasteiger partial charge in [-0.15, -0.1) is 0 Å². The van der Waals surface area contributed by atoms with E-state index in [-0.39, 0.29) is 5.92 Å². The summed E-state index contributed by atoms with van der Waals surface area (Å²) in [6.45, 7) is 0. The zero-order valence-electron chi connectivity index (χ0n) is 7.83. The van der Waals surface area contributed by atoms with Crippen LogP contribution in [-0.2, 0) is 4.79 Å². The van der Waals surface area contributed by atoms with E-state index in [1.165, 1.54) is 0 Å². The maximum absolute atomic E-state index is 11.6. The van der Waals surface area contributed by atoms with Crippen molar-refractivity contribution in [1.29, 1.82) is 0 Å². The summed E-state index contributed by atoms with van der Waals surface area (Å²) in [5.74, 6) is 1.36. The van der Waals surface area contributed by atoms with Crippen LogP contribution in [-0.4, -0.2) is 16.5 Å². The van der Waals surface area contributed by atoms with Crippen molar-refractivity contribution in [3.63, 3.8) is 0 Å². The van der Waals surface area contributed by atoms with Crippen LogP contribution in [0.3, 0.4) is 0 Å². The Morgan fingerprint density at radius 2 is 1.92 bits per heavy atom. The molecule has 3 rings (SSSR count). The number of hydrogen-bond donors (Lipinski definition) is 1. The molecule has 2 nitrogen and oxygen atoms in total. The van der Waals surface area contributed by atoms with Crippen LogP contribution >= 0.6 is 0 Å². The first-order chi connectivity index (χ1) is 6.23. The van der Waals surface area contributed by atoms with Crippen molar-refractivity contribution in [2.24, 2.45) is 17.8 Å². The Kier molecular flexibility index (Phi) is 1.44. The van der Waals surface area contributed by atoms with Gasteiger partial charge in [0, 0.05) is 12.3 Å². The fourth-order valence-corrected chi connectivity index (χ4v) is 4.01. The SMILES string of the molecule is O=C1CCCC2C1[C@@H]1CCC[C@]21O. The quantitative estimate of drug-likeness (QED) is 0.613. The molecular weight excluding hydrogens is 164 g/mol. The van der Waals surface area contributed by atoms with Crippen LogP contribution in [0.2, 0.25) is 0 Å². The summed E-state index contributed by atoms with van der Waals surface area (Å²) in [6.07, 6.45) is 6.03. The van der Waals surface area contributed by atoms with Gasteiger partial charge in [0.25, 0.3) is 0 Å². The van der Waals surface area contributed by atoms with Crippen molar-refractivity contribution in [3.05, 3.63) is 0 Å². The lowest BCUT2D eigenvalue weighted by molar-refractivity contribution is -0.195. The molecule has 0 aromatic rings. The lowest BCUT2D eigenvalue weighted by Gasteiger charge is -2.56. The van der Waals surface area contributed by atoms with Gasteiger partial charge in [0.15, 0.2) is 0 Å². The predicted octanol–water partition coefficient (Wildman–Crippen LogP) is 1.52. The average molecular weight is 180 g/mol. The summed E-state index contributed by atoms with van der Waals surface area (Å²) < 4.78 is 0. The molecule has 3 fully saturated rings. The van der Waals surface area contributed by atoms with E-state index in [9.17, 15) is 9.90 Å². The van der Waals surface area contributed by atoms with Gasteiger partial charge < -0.3 is 5.11 Å². The zero-order chi connectivity index (χ0) is 9.05. The van der Waals surface area contributed by atoms with Gasteiger partial charge in [-0.05, 0) is 37.5 Å². The minimum absolute atomic E-state index is 0.251. The van der Waals surface area contributed by atoms with Crippen molar-refractivity contribution < 1.29 is 9.90 Å². The second-order valence-corrected chi connectivity index (χ2v) is 4.98. The first kappa shape index (κ1) is 7.98. The van der Waals surface area contributed by atoms with Crippen molar-refractivity contribution in [2.75, 3.05) is 0 Å². The third-order valence-corrected chi connectivity index (χ3v) is 4.55. The van der Waals surface area contributed by atoms with Gasteiger partial charge >= 0.3 is 0 Å². The molecule has 2 heteroatoms. The molecule has 0 radical (unpaired) electrons. The molecule has 3 aliphatic carbocycles. The zero-order valence-corrected chi connectivity index (χ0v) is 7.83. The summed E-state index contributed by atoms with van der Waals surface area (Å²) in [5, 5.41) is 10.3. The van der Waals surface area contributed by atoms with E-state index in [2.05, 4.69) is 0 Å². The molecule has 2 unspecified atom stereocenters. The molecule has 72 valence electrons. The number of fused-ring (bicyclic) bond motifs is 4. The van der Waals surface area contributed by atoms with E-state index in [0.717, 1.165) is 38.5 Å². The Balaban J connectivity index is 1.91. The van der Waals surface area contributed by atoms with E-state index in [0.29, 0.717) is 17.6 Å². The smallest absolute Gasteiger partial charge is 0.136 e. The summed E-state index contributed by atoms with van der Waals surface area (Å²) in [7, 11) is 0. The fraction of sp³-hybridized carbons (Fsp3) is 0.909. The highest BCUT2D eigenvalue weighted by molar-refractivity contribution is 5.84. The van der Waals surface area contributed by atoms with Crippen LogP contribution in [0, 0.1) is 17.8 Å². The fourth-order valence-electron chi connectivity index (χ4n) is 4.01. The maximum atomic E-state index is 11.6. The standard InChI is InChI=1S/C11H16O2/c12-9-5-1-3-7-10(9)8-4-2-6-11(7,8)13/h7-8,10,13H,1-6H2/t7?,8-,10?,11-/m0/s1. The summed E-state index contributed by atoms with van der Waals surface area (Å²) in [6, 6.07) is 0. The number of aliphatic hydroxyl groups is 1. The highest BCUT2D eigenvalue weighted by atomic mass is 16.3. The molecule has 1 N–H and O–H groups in total. The number of carbonyl (C=O) groups excluding carboxylic acids is 1. The van der Waals surface area contributed by atoms with Gasteiger partial charge in [-0.1, -0.05) is 6.42 Å². The topological polar surface area (TPSA) is 37.3 Å². The molecule has 0 amide bonds. The number of carbonyl (C=O) groups is 1.